The Bertz CT molecular complexity index is 839. The van der Waals surface area contributed by atoms with Crippen molar-refractivity contribution < 1.29 is 9.53 Å². The van der Waals surface area contributed by atoms with Crippen LogP contribution in [0.3, 0.4) is 0 Å². The molecular formula is C22H27BrN2O2S. The Labute approximate surface area is 181 Å². The fraction of sp³-hybridized carbons (Fsp3) is 0.364. The van der Waals surface area contributed by atoms with Crippen molar-refractivity contribution in [1.29, 1.82) is 0 Å². The second-order valence-corrected chi connectivity index (χ2v) is 7.97. The molecule has 2 rings (SSSR count). The van der Waals surface area contributed by atoms with Gasteiger partial charge in [-0.25, -0.2) is 0 Å². The minimum Gasteiger partial charge on any atom is -0.492 e. The molecule has 0 aliphatic carbocycles. The fourth-order valence-electron chi connectivity index (χ4n) is 2.69. The molecule has 0 spiro atoms. The summed E-state index contributed by atoms with van der Waals surface area (Å²) in [5.74, 6) is 0.474. The van der Waals surface area contributed by atoms with Crippen LogP contribution in [-0.4, -0.2) is 17.6 Å². The van der Waals surface area contributed by atoms with Gasteiger partial charge in [0.2, 0.25) is 0 Å². The normalized spacial score (nSPS) is 10.4. The Morgan fingerprint density at radius 2 is 1.93 bits per heavy atom. The summed E-state index contributed by atoms with van der Waals surface area (Å²) in [6.07, 6.45) is 4.62. The van der Waals surface area contributed by atoms with Gasteiger partial charge in [-0.05, 0) is 83.8 Å². The lowest BCUT2D eigenvalue weighted by Gasteiger charge is -2.14. The minimum absolute atomic E-state index is 0.266. The SMILES string of the molecule is CCCCCCOc1ccc(C(=O)NC(=S)Nc2cccc(C)c2C)cc1Br. The van der Waals surface area contributed by atoms with E-state index < -0.39 is 0 Å². The Kier molecular flexibility index (Phi) is 8.93. The van der Waals surface area contributed by atoms with Crippen LogP contribution in [0.2, 0.25) is 0 Å². The Morgan fingerprint density at radius 3 is 2.64 bits per heavy atom. The summed E-state index contributed by atoms with van der Waals surface area (Å²) in [6.45, 7) is 6.91. The van der Waals surface area contributed by atoms with E-state index in [1.165, 1.54) is 19.3 Å². The van der Waals surface area contributed by atoms with E-state index in [2.05, 4.69) is 33.5 Å². The second kappa shape index (κ2) is 11.2. The van der Waals surface area contributed by atoms with Crippen molar-refractivity contribution in [2.75, 3.05) is 11.9 Å². The van der Waals surface area contributed by atoms with Crippen LogP contribution in [0.1, 0.15) is 54.1 Å². The van der Waals surface area contributed by atoms with Crippen LogP contribution in [0.4, 0.5) is 5.69 Å². The number of anilines is 1. The molecule has 150 valence electrons. The van der Waals surface area contributed by atoms with Crippen molar-refractivity contribution in [2.45, 2.75) is 46.5 Å². The molecule has 0 saturated heterocycles. The number of ether oxygens (including phenoxy) is 1. The minimum atomic E-state index is -0.266. The van der Waals surface area contributed by atoms with E-state index in [0.717, 1.165) is 33.5 Å². The van der Waals surface area contributed by atoms with Gasteiger partial charge in [-0.3, -0.25) is 10.1 Å². The number of rotatable bonds is 8. The number of benzene rings is 2. The number of halogens is 1. The lowest BCUT2D eigenvalue weighted by molar-refractivity contribution is 0.0977. The number of nitrogens with one attached hydrogen (secondary N) is 2. The topological polar surface area (TPSA) is 50.4 Å². The van der Waals surface area contributed by atoms with Crippen LogP contribution in [-0.2, 0) is 0 Å². The monoisotopic (exact) mass is 462 g/mol. The highest BCUT2D eigenvalue weighted by molar-refractivity contribution is 9.10. The quantitative estimate of drug-likeness (QED) is 0.364. The van der Waals surface area contributed by atoms with Crippen LogP contribution in [0, 0.1) is 13.8 Å². The molecule has 0 atom stereocenters. The fourth-order valence-corrected chi connectivity index (χ4v) is 3.38. The van der Waals surface area contributed by atoms with Gasteiger partial charge in [-0.1, -0.05) is 38.3 Å². The zero-order chi connectivity index (χ0) is 20.5. The largest absolute Gasteiger partial charge is 0.492 e. The first kappa shape index (κ1) is 22.4. The highest BCUT2D eigenvalue weighted by Gasteiger charge is 2.12. The van der Waals surface area contributed by atoms with Gasteiger partial charge in [0.25, 0.3) is 5.91 Å². The third-order valence-electron chi connectivity index (χ3n) is 4.53. The summed E-state index contributed by atoms with van der Waals surface area (Å²) in [7, 11) is 0. The van der Waals surface area contributed by atoms with Crippen molar-refractivity contribution in [3.8, 4) is 5.75 Å². The summed E-state index contributed by atoms with van der Waals surface area (Å²) < 4.78 is 6.54. The first-order chi connectivity index (χ1) is 13.4. The molecule has 0 radical (unpaired) electrons. The highest BCUT2D eigenvalue weighted by atomic mass is 79.9. The molecule has 6 heteroatoms. The number of unbranched alkanes of at least 4 members (excludes halogenated alkanes) is 3. The molecule has 0 aliphatic heterocycles. The third-order valence-corrected chi connectivity index (χ3v) is 5.35. The van der Waals surface area contributed by atoms with Gasteiger partial charge in [-0.15, -0.1) is 0 Å². The molecule has 0 aromatic heterocycles. The summed E-state index contributed by atoms with van der Waals surface area (Å²) >= 11 is 8.77. The maximum Gasteiger partial charge on any atom is 0.257 e. The molecule has 0 heterocycles. The molecule has 4 nitrogen and oxygen atoms in total. The molecule has 28 heavy (non-hydrogen) atoms. The van der Waals surface area contributed by atoms with Crippen molar-refractivity contribution in [1.82, 2.24) is 5.32 Å². The molecular weight excluding hydrogens is 436 g/mol. The van der Waals surface area contributed by atoms with Crippen molar-refractivity contribution in [2.24, 2.45) is 0 Å². The molecule has 2 N–H and O–H groups in total. The highest BCUT2D eigenvalue weighted by Crippen LogP contribution is 2.26. The first-order valence-corrected chi connectivity index (χ1v) is 10.7. The molecule has 1 amide bonds. The van der Waals surface area contributed by atoms with Gasteiger partial charge in [0.15, 0.2) is 5.11 Å². The molecule has 0 unspecified atom stereocenters. The Hall–Kier alpha value is -1.92. The van der Waals surface area contributed by atoms with E-state index in [9.17, 15) is 4.79 Å². The summed E-state index contributed by atoms with van der Waals surface area (Å²) in [5, 5.41) is 6.08. The van der Waals surface area contributed by atoms with Gasteiger partial charge in [0.1, 0.15) is 5.75 Å². The van der Waals surface area contributed by atoms with E-state index >= 15 is 0 Å². The number of carbonyl (C=O) groups excluding carboxylic acids is 1. The van der Waals surface area contributed by atoms with Crippen molar-refractivity contribution >= 4 is 44.9 Å². The van der Waals surface area contributed by atoms with Gasteiger partial charge in [0.05, 0.1) is 11.1 Å². The van der Waals surface area contributed by atoms with Gasteiger partial charge >= 0.3 is 0 Å². The molecule has 0 fully saturated rings. The number of carbonyl (C=O) groups is 1. The van der Waals surface area contributed by atoms with E-state index in [1.807, 2.05) is 32.0 Å². The third kappa shape index (κ3) is 6.60. The molecule has 0 bridgehead atoms. The number of amides is 1. The maximum absolute atomic E-state index is 12.5. The van der Waals surface area contributed by atoms with Crippen molar-refractivity contribution in [3.63, 3.8) is 0 Å². The Morgan fingerprint density at radius 1 is 1.14 bits per heavy atom. The summed E-state index contributed by atoms with van der Waals surface area (Å²) in [6, 6.07) is 11.2. The van der Waals surface area contributed by atoms with Crippen LogP contribution in [0.15, 0.2) is 40.9 Å². The van der Waals surface area contributed by atoms with Crippen LogP contribution in [0.5, 0.6) is 5.75 Å². The maximum atomic E-state index is 12.5. The lowest BCUT2D eigenvalue weighted by Crippen LogP contribution is -2.34. The summed E-state index contributed by atoms with van der Waals surface area (Å²) in [5.41, 5.74) is 3.66. The second-order valence-electron chi connectivity index (χ2n) is 6.71. The standard InChI is InChI=1S/C22H27BrN2O2S/c1-4-5-6-7-13-27-20-12-11-17(14-18(20)23)21(26)25-22(28)24-19-10-8-9-15(2)16(19)3/h8-12,14H,4-7,13H2,1-3H3,(H2,24,25,26,28). The van der Waals surface area contributed by atoms with E-state index in [1.54, 1.807) is 18.2 Å². The average Bonchev–Trinajstić information content (AvgIpc) is 2.66. The average molecular weight is 463 g/mol. The molecule has 0 aliphatic rings. The number of thiocarbonyl (C=S) groups is 1. The molecule has 2 aromatic rings. The van der Waals surface area contributed by atoms with E-state index in [-0.39, 0.29) is 11.0 Å². The molecule has 2 aromatic carbocycles. The number of hydrogen-bond donors (Lipinski definition) is 2. The number of aryl methyl sites for hydroxylation is 1. The summed E-state index contributed by atoms with van der Waals surface area (Å²) in [4.78, 5) is 12.5. The lowest BCUT2D eigenvalue weighted by atomic mass is 10.1. The van der Waals surface area contributed by atoms with Gasteiger partial charge in [-0.2, -0.15) is 0 Å². The van der Waals surface area contributed by atoms with Crippen LogP contribution >= 0.6 is 28.1 Å². The van der Waals surface area contributed by atoms with Gasteiger partial charge in [0, 0.05) is 11.3 Å². The predicted octanol–water partition coefficient (Wildman–Crippen LogP) is 6.15. The number of hydrogen-bond acceptors (Lipinski definition) is 3. The smallest absolute Gasteiger partial charge is 0.257 e. The van der Waals surface area contributed by atoms with E-state index in [4.69, 9.17) is 17.0 Å². The predicted molar refractivity (Wildman–Crippen MR) is 123 cm³/mol. The van der Waals surface area contributed by atoms with Crippen molar-refractivity contribution in [3.05, 3.63) is 57.6 Å². The Balaban J connectivity index is 1.92. The van der Waals surface area contributed by atoms with Gasteiger partial charge < -0.3 is 10.1 Å². The van der Waals surface area contributed by atoms with E-state index in [0.29, 0.717) is 12.2 Å². The zero-order valence-electron chi connectivity index (χ0n) is 16.6. The van der Waals surface area contributed by atoms with Crippen LogP contribution in [0.25, 0.3) is 0 Å². The van der Waals surface area contributed by atoms with Crippen LogP contribution < -0.4 is 15.4 Å². The molecule has 0 saturated carbocycles. The zero-order valence-corrected chi connectivity index (χ0v) is 19.0. The first-order valence-electron chi connectivity index (χ1n) is 9.53.